The lowest BCUT2D eigenvalue weighted by atomic mass is 10.1. The number of hydrogen-bond acceptors (Lipinski definition) is 6. The van der Waals surface area contributed by atoms with E-state index in [2.05, 4.69) is 15.6 Å². The van der Waals surface area contributed by atoms with Crippen molar-refractivity contribution in [2.24, 2.45) is 4.99 Å². The van der Waals surface area contributed by atoms with E-state index in [9.17, 15) is 14.7 Å². The Kier molecular flexibility index (Phi) is 9.21. The summed E-state index contributed by atoms with van der Waals surface area (Å²) in [6, 6.07) is 11.2. The molecule has 0 fully saturated rings. The highest BCUT2D eigenvalue weighted by atomic mass is 35.5. The number of hydrogen-bond donors (Lipinski definition) is 3. The molecule has 1 aliphatic heterocycles. The Morgan fingerprint density at radius 1 is 1.12 bits per heavy atom. The van der Waals surface area contributed by atoms with Crippen molar-refractivity contribution in [3.05, 3.63) is 63.6 Å². The molecular weight excluding hydrogens is 469 g/mol. The van der Waals surface area contributed by atoms with E-state index in [0.29, 0.717) is 31.5 Å². The van der Waals surface area contributed by atoms with Gasteiger partial charge in [-0.1, -0.05) is 41.4 Å². The molecule has 2 aromatic carbocycles. The number of unbranched alkanes of at least 4 members (excludes halogenated alkanes) is 1. The van der Waals surface area contributed by atoms with E-state index in [-0.39, 0.29) is 22.0 Å². The van der Waals surface area contributed by atoms with E-state index in [1.807, 2.05) is 0 Å². The first kappa shape index (κ1) is 24.7. The molecule has 8 nitrogen and oxygen atoms in total. The van der Waals surface area contributed by atoms with Gasteiger partial charge in [0.15, 0.2) is 0 Å². The molecule has 1 heterocycles. The van der Waals surface area contributed by atoms with Crippen LogP contribution < -0.4 is 15.4 Å². The first-order valence-corrected chi connectivity index (χ1v) is 11.3. The van der Waals surface area contributed by atoms with E-state index in [1.54, 1.807) is 30.3 Å². The highest BCUT2D eigenvalue weighted by Gasteiger charge is 2.23. The fourth-order valence-electron chi connectivity index (χ4n) is 3.16. The molecule has 33 heavy (non-hydrogen) atoms. The van der Waals surface area contributed by atoms with Gasteiger partial charge in [0.1, 0.15) is 18.4 Å². The Morgan fingerprint density at radius 3 is 2.48 bits per heavy atom. The molecule has 176 valence electrons. The third-order valence-corrected chi connectivity index (χ3v) is 5.49. The number of carboxylic acid groups (broad SMARTS) is 1. The minimum atomic E-state index is -1.16. The second-order valence-electron chi connectivity index (χ2n) is 7.33. The van der Waals surface area contributed by atoms with Crippen LogP contribution in [0.15, 0.2) is 47.5 Å². The predicted molar refractivity (Wildman–Crippen MR) is 126 cm³/mol. The van der Waals surface area contributed by atoms with E-state index in [4.69, 9.17) is 32.7 Å². The zero-order valence-electron chi connectivity index (χ0n) is 17.9. The van der Waals surface area contributed by atoms with Crippen LogP contribution in [0.3, 0.4) is 0 Å². The maximum absolute atomic E-state index is 12.5. The number of carbonyl (C=O) groups excluding carboxylic acids is 1. The number of halogens is 2. The molecule has 0 aromatic heterocycles. The number of aliphatic imine (C=N–C) groups is 1. The molecule has 0 bridgehead atoms. The molecule has 2 aromatic rings. The van der Waals surface area contributed by atoms with Gasteiger partial charge in [0, 0.05) is 13.0 Å². The Bertz CT molecular complexity index is 978. The summed E-state index contributed by atoms with van der Waals surface area (Å²) in [7, 11) is 0. The number of aliphatic carboxylic acids is 1. The normalized spacial score (nSPS) is 13.6. The Balaban J connectivity index is 1.45. The van der Waals surface area contributed by atoms with Gasteiger partial charge in [-0.05, 0) is 42.7 Å². The van der Waals surface area contributed by atoms with Crippen molar-refractivity contribution in [1.29, 1.82) is 0 Å². The van der Waals surface area contributed by atoms with E-state index in [1.165, 1.54) is 12.1 Å². The van der Waals surface area contributed by atoms with Gasteiger partial charge in [-0.25, -0.2) is 9.79 Å². The molecule has 10 heteroatoms. The zero-order valence-corrected chi connectivity index (χ0v) is 19.4. The topological polar surface area (TPSA) is 109 Å². The summed E-state index contributed by atoms with van der Waals surface area (Å²) in [6.07, 6.45) is 1.87. The summed E-state index contributed by atoms with van der Waals surface area (Å²) in [5, 5.41) is 15.5. The van der Waals surface area contributed by atoms with Gasteiger partial charge in [0.05, 0.1) is 28.8 Å². The van der Waals surface area contributed by atoms with Crippen molar-refractivity contribution in [1.82, 2.24) is 10.6 Å². The largest absolute Gasteiger partial charge is 0.494 e. The number of amidine groups is 1. The van der Waals surface area contributed by atoms with Crippen molar-refractivity contribution in [3.63, 3.8) is 0 Å². The van der Waals surface area contributed by atoms with Crippen LogP contribution in [0.4, 0.5) is 0 Å². The van der Waals surface area contributed by atoms with Crippen LogP contribution >= 0.6 is 23.2 Å². The average molecular weight is 494 g/mol. The standard InChI is InChI=1S/C23H25Cl2N3O5/c24-17-4-3-5-18(25)20(17)21(29)28-19(22(30)31)14-15-6-8-16(9-7-15)32-12-2-1-10-26-23-27-11-13-33-23/h3-9,19H,1-2,10-14H2,(H,26,27)(H,28,29)(H,30,31)/t19-/m1/s1. The lowest BCUT2D eigenvalue weighted by Gasteiger charge is -2.16. The highest BCUT2D eigenvalue weighted by molar-refractivity contribution is 6.39. The number of amides is 1. The van der Waals surface area contributed by atoms with Gasteiger partial charge in [-0.3, -0.25) is 4.79 Å². The van der Waals surface area contributed by atoms with Crippen molar-refractivity contribution in [2.45, 2.75) is 25.3 Å². The number of benzene rings is 2. The molecule has 1 amide bonds. The van der Waals surface area contributed by atoms with Crippen LogP contribution in [0.5, 0.6) is 5.75 Å². The minimum absolute atomic E-state index is 0.0507. The summed E-state index contributed by atoms with van der Waals surface area (Å²) < 4.78 is 11.0. The highest BCUT2D eigenvalue weighted by Crippen LogP contribution is 2.24. The SMILES string of the molecule is O=C(N[C@H](Cc1ccc(OCCCCNC2=NCCO2)cc1)C(=O)O)c1c(Cl)cccc1Cl. The molecule has 3 rings (SSSR count). The van der Waals surface area contributed by atoms with E-state index < -0.39 is 17.9 Å². The van der Waals surface area contributed by atoms with Gasteiger partial charge in [0.25, 0.3) is 11.9 Å². The van der Waals surface area contributed by atoms with E-state index >= 15 is 0 Å². The van der Waals surface area contributed by atoms with Gasteiger partial charge in [-0.15, -0.1) is 0 Å². The van der Waals surface area contributed by atoms with Crippen LogP contribution in [0.25, 0.3) is 0 Å². The molecule has 0 unspecified atom stereocenters. The Morgan fingerprint density at radius 2 is 1.85 bits per heavy atom. The van der Waals surface area contributed by atoms with Gasteiger partial charge >= 0.3 is 5.97 Å². The number of carbonyl (C=O) groups is 2. The number of ether oxygens (including phenoxy) is 2. The first-order chi connectivity index (χ1) is 15.9. The molecule has 0 radical (unpaired) electrons. The summed E-state index contributed by atoms with van der Waals surface area (Å²) in [5.74, 6) is -1.11. The Labute approximate surface area is 201 Å². The molecular formula is C23H25Cl2N3O5. The first-order valence-electron chi connectivity index (χ1n) is 10.5. The fourth-order valence-corrected chi connectivity index (χ4v) is 3.73. The van der Waals surface area contributed by atoms with Gasteiger partial charge < -0.3 is 25.2 Å². The van der Waals surface area contributed by atoms with Gasteiger partial charge in [-0.2, -0.15) is 0 Å². The van der Waals surface area contributed by atoms with Crippen LogP contribution in [0.2, 0.25) is 10.0 Å². The summed E-state index contributed by atoms with van der Waals surface area (Å²) >= 11 is 12.1. The summed E-state index contributed by atoms with van der Waals surface area (Å²) in [4.78, 5) is 28.4. The fraction of sp³-hybridized carbons (Fsp3) is 0.348. The average Bonchev–Trinajstić information content (AvgIpc) is 3.30. The van der Waals surface area contributed by atoms with Crippen molar-refractivity contribution >= 4 is 41.1 Å². The van der Waals surface area contributed by atoms with Crippen LogP contribution in [-0.2, 0) is 16.0 Å². The monoisotopic (exact) mass is 493 g/mol. The van der Waals surface area contributed by atoms with Crippen molar-refractivity contribution in [2.75, 3.05) is 26.3 Å². The maximum Gasteiger partial charge on any atom is 0.326 e. The second kappa shape index (κ2) is 12.3. The summed E-state index contributed by atoms with van der Waals surface area (Å²) in [6.45, 7) is 2.66. The molecule has 1 atom stereocenters. The smallest absolute Gasteiger partial charge is 0.326 e. The van der Waals surface area contributed by atoms with Crippen molar-refractivity contribution < 1.29 is 24.2 Å². The predicted octanol–water partition coefficient (Wildman–Crippen LogP) is 3.55. The van der Waals surface area contributed by atoms with Crippen LogP contribution in [0.1, 0.15) is 28.8 Å². The molecule has 0 saturated carbocycles. The number of nitrogens with one attached hydrogen (secondary N) is 2. The zero-order chi connectivity index (χ0) is 23.6. The molecule has 0 saturated heterocycles. The quantitative estimate of drug-likeness (QED) is 0.413. The molecule has 3 N–H and O–H groups in total. The number of rotatable bonds is 11. The lowest BCUT2D eigenvalue weighted by molar-refractivity contribution is -0.139. The van der Waals surface area contributed by atoms with E-state index in [0.717, 1.165) is 24.9 Å². The molecule has 0 spiro atoms. The molecule has 1 aliphatic rings. The van der Waals surface area contributed by atoms with Crippen LogP contribution in [0, 0.1) is 0 Å². The third-order valence-electron chi connectivity index (χ3n) is 4.86. The second-order valence-corrected chi connectivity index (χ2v) is 8.14. The van der Waals surface area contributed by atoms with Crippen molar-refractivity contribution in [3.8, 4) is 5.75 Å². The Hall–Kier alpha value is -2.97. The lowest BCUT2D eigenvalue weighted by Crippen LogP contribution is -2.42. The number of nitrogens with zero attached hydrogens (tertiary/aromatic N) is 1. The molecule has 0 aliphatic carbocycles. The number of carboxylic acids is 1. The summed E-state index contributed by atoms with van der Waals surface area (Å²) in [5.41, 5.74) is 0.789. The maximum atomic E-state index is 12.5. The van der Waals surface area contributed by atoms with Gasteiger partial charge in [0.2, 0.25) is 0 Å². The van der Waals surface area contributed by atoms with Crippen LogP contribution in [-0.4, -0.2) is 55.3 Å². The third kappa shape index (κ3) is 7.54. The minimum Gasteiger partial charge on any atom is -0.494 e.